The fourth-order valence-corrected chi connectivity index (χ4v) is 3.23. The molecule has 0 atom stereocenters. The summed E-state index contributed by atoms with van der Waals surface area (Å²) in [5.74, 6) is 1.63. The van der Waals surface area contributed by atoms with E-state index in [4.69, 9.17) is 4.98 Å². The molecule has 0 spiro atoms. The molecule has 0 aliphatic carbocycles. The highest BCUT2D eigenvalue weighted by Crippen LogP contribution is 2.25. The molecule has 4 nitrogen and oxygen atoms in total. The van der Waals surface area contributed by atoms with Crippen LogP contribution in [0.25, 0.3) is 0 Å². The number of hydrogen-bond donors (Lipinski definition) is 1. The molecule has 0 amide bonds. The number of nitrogens with zero attached hydrogens (tertiary/aromatic N) is 3. The number of rotatable bonds is 3. The molecule has 1 aliphatic rings. The highest BCUT2D eigenvalue weighted by atomic mass is 15.2. The molecule has 4 heteroatoms. The van der Waals surface area contributed by atoms with Crippen molar-refractivity contribution in [1.29, 1.82) is 0 Å². The molecule has 4 rings (SSSR count). The zero-order valence-electron chi connectivity index (χ0n) is 14.7. The molecule has 2 heterocycles. The van der Waals surface area contributed by atoms with E-state index in [9.17, 15) is 0 Å². The van der Waals surface area contributed by atoms with E-state index in [-0.39, 0.29) is 0 Å². The fraction of sp³-hybridized carbons (Fsp3) is 0.238. The lowest BCUT2D eigenvalue weighted by atomic mass is 10.00. The summed E-state index contributed by atoms with van der Waals surface area (Å²) in [5, 5.41) is 3.32. The summed E-state index contributed by atoms with van der Waals surface area (Å²) in [7, 11) is 0. The summed E-state index contributed by atoms with van der Waals surface area (Å²) in [6, 6.07) is 19.0. The van der Waals surface area contributed by atoms with Crippen LogP contribution in [-0.2, 0) is 13.0 Å². The smallest absolute Gasteiger partial charge is 0.229 e. The van der Waals surface area contributed by atoms with Gasteiger partial charge in [0.15, 0.2) is 0 Å². The Morgan fingerprint density at radius 1 is 0.920 bits per heavy atom. The van der Waals surface area contributed by atoms with Gasteiger partial charge in [0.2, 0.25) is 5.95 Å². The Labute approximate surface area is 148 Å². The van der Waals surface area contributed by atoms with Crippen LogP contribution in [0.15, 0.2) is 54.6 Å². The fourth-order valence-electron chi connectivity index (χ4n) is 3.23. The number of fused-ring (bicyclic) bond motifs is 1. The topological polar surface area (TPSA) is 41.1 Å². The third-order valence-electron chi connectivity index (χ3n) is 4.60. The predicted octanol–water partition coefficient (Wildman–Crippen LogP) is 4.40. The van der Waals surface area contributed by atoms with Gasteiger partial charge < -0.3 is 10.2 Å². The summed E-state index contributed by atoms with van der Waals surface area (Å²) < 4.78 is 0. The van der Waals surface area contributed by atoms with Crippen molar-refractivity contribution in [3.8, 4) is 0 Å². The summed E-state index contributed by atoms with van der Waals surface area (Å²) in [5.41, 5.74) is 6.05. The van der Waals surface area contributed by atoms with E-state index in [1.165, 1.54) is 16.7 Å². The van der Waals surface area contributed by atoms with Crippen LogP contribution >= 0.6 is 0 Å². The highest BCUT2D eigenvalue weighted by molar-refractivity contribution is 5.56. The van der Waals surface area contributed by atoms with E-state index in [1.807, 2.05) is 6.92 Å². The van der Waals surface area contributed by atoms with Crippen molar-refractivity contribution in [3.63, 3.8) is 0 Å². The molecule has 1 aliphatic heterocycles. The second-order valence-electron chi connectivity index (χ2n) is 6.62. The number of hydrogen-bond acceptors (Lipinski definition) is 4. The zero-order chi connectivity index (χ0) is 17.2. The Bertz CT molecular complexity index is 887. The SMILES string of the molecule is Cc1ccc(Nc2nc(C)cc(N3CCc4ccccc4C3)n2)cc1. The summed E-state index contributed by atoms with van der Waals surface area (Å²) >= 11 is 0. The van der Waals surface area contributed by atoms with Gasteiger partial charge in [-0.1, -0.05) is 42.0 Å². The molecular weight excluding hydrogens is 308 g/mol. The number of aromatic nitrogens is 2. The van der Waals surface area contributed by atoms with Gasteiger partial charge in [-0.15, -0.1) is 0 Å². The molecule has 25 heavy (non-hydrogen) atoms. The van der Waals surface area contributed by atoms with Gasteiger partial charge in [0.05, 0.1) is 0 Å². The van der Waals surface area contributed by atoms with Crippen LogP contribution in [0.2, 0.25) is 0 Å². The number of nitrogens with one attached hydrogen (secondary N) is 1. The Hall–Kier alpha value is -2.88. The van der Waals surface area contributed by atoms with Crippen LogP contribution in [0.4, 0.5) is 17.5 Å². The van der Waals surface area contributed by atoms with E-state index >= 15 is 0 Å². The average molecular weight is 330 g/mol. The monoisotopic (exact) mass is 330 g/mol. The maximum atomic E-state index is 4.75. The quantitative estimate of drug-likeness (QED) is 0.773. The minimum absolute atomic E-state index is 0.651. The van der Waals surface area contributed by atoms with Crippen molar-refractivity contribution in [3.05, 3.63) is 77.0 Å². The normalized spacial score (nSPS) is 13.4. The summed E-state index contributed by atoms with van der Waals surface area (Å²) in [6.07, 6.45) is 1.06. The van der Waals surface area contributed by atoms with Crippen molar-refractivity contribution >= 4 is 17.5 Å². The predicted molar refractivity (Wildman–Crippen MR) is 102 cm³/mol. The van der Waals surface area contributed by atoms with Crippen LogP contribution in [0.1, 0.15) is 22.4 Å². The van der Waals surface area contributed by atoms with Crippen LogP contribution in [0.3, 0.4) is 0 Å². The van der Waals surface area contributed by atoms with Crippen molar-refractivity contribution < 1.29 is 0 Å². The van der Waals surface area contributed by atoms with Crippen LogP contribution in [0.5, 0.6) is 0 Å². The Morgan fingerprint density at radius 2 is 1.68 bits per heavy atom. The van der Waals surface area contributed by atoms with Gasteiger partial charge >= 0.3 is 0 Å². The van der Waals surface area contributed by atoms with Crippen LogP contribution in [-0.4, -0.2) is 16.5 Å². The maximum Gasteiger partial charge on any atom is 0.229 e. The van der Waals surface area contributed by atoms with Crippen LogP contribution < -0.4 is 10.2 Å². The number of aryl methyl sites for hydroxylation is 2. The van der Waals surface area contributed by atoms with Gasteiger partial charge in [-0.05, 0) is 43.5 Å². The highest BCUT2D eigenvalue weighted by Gasteiger charge is 2.18. The first-order valence-corrected chi connectivity index (χ1v) is 8.68. The van der Waals surface area contributed by atoms with Crippen molar-refractivity contribution in [2.45, 2.75) is 26.8 Å². The Morgan fingerprint density at radius 3 is 2.48 bits per heavy atom. The van der Waals surface area contributed by atoms with Gasteiger partial charge in [0.25, 0.3) is 0 Å². The van der Waals surface area contributed by atoms with E-state index in [1.54, 1.807) is 0 Å². The third kappa shape index (κ3) is 3.48. The number of anilines is 3. The molecule has 3 aromatic rings. The lowest BCUT2D eigenvalue weighted by Crippen LogP contribution is -2.31. The number of benzene rings is 2. The Kier molecular flexibility index (Phi) is 4.10. The zero-order valence-corrected chi connectivity index (χ0v) is 14.7. The summed E-state index contributed by atoms with van der Waals surface area (Å²) in [4.78, 5) is 11.6. The third-order valence-corrected chi connectivity index (χ3v) is 4.60. The first kappa shape index (κ1) is 15.6. The lowest BCUT2D eigenvalue weighted by molar-refractivity contribution is 0.719. The van der Waals surface area contributed by atoms with E-state index in [2.05, 4.69) is 76.7 Å². The van der Waals surface area contributed by atoms with Gasteiger partial charge in [-0.3, -0.25) is 0 Å². The first-order chi connectivity index (χ1) is 12.2. The van der Waals surface area contributed by atoms with Crippen molar-refractivity contribution in [2.24, 2.45) is 0 Å². The standard InChI is InChI=1S/C21H22N4/c1-15-7-9-19(10-8-15)23-21-22-16(2)13-20(24-21)25-12-11-17-5-3-4-6-18(17)14-25/h3-10,13H,11-12,14H2,1-2H3,(H,22,23,24). The second kappa shape index (κ2) is 6.55. The van der Waals surface area contributed by atoms with E-state index in [0.29, 0.717) is 5.95 Å². The average Bonchev–Trinajstić information content (AvgIpc) is 2.63. The summed E-state index contributed by atoms with van der Waals surface area (Å²) in [6.45, 7) is 5.98. The molecule has 126 valence electrons. The van der Waals surface area contributed by atoms with Gasteiger partial charge in [-0.2, -0.15) is 4.98 Å². The molecule has 0 radical (unpaired) electrons. The minimum atomic E-state index is 0.651. The minimum Gasteiger partial charge on any atom is -0.352 e. The lowest BCUT2D eigenvalue weighted by Gasteiger charge is -2.30. The van der Waals surface area contributed by atoms with Crippen molar-refractivity contribution in [1.82, 2.24) is 9.97 Å². The van der Waals surface area contributed by atoms with E-state index in [0.717, 1.165) is 36.7 Å². The second-order valence-corrected chi connectivity index (χ2v) is 6.62. The van der Waals surface area contributed by atoms with Gasteiger partial charge in [0, 0.05) is 30.5 Å². The largest absolute Gasteiger partial charge is 0.352 e. The molecule has 0 unspecified atom stereocenters. The van der Waals surface area contributed by atoms with Gasteiger partial charge in [-0.25, -0.2) is 4.98 Å². The van der Waals surface area contributed by atoms with Crippen molar-refractivity contribution in [2.75, 3.05) is 16.8 Å². The first-order valence-electron chi connectivity index (χ1n) is 8.68. The van der Waals surface area contributed by atoms with E-state index < -0.39 is 0 Å². The maximum absolute atomic E-state index is 4.75. The van der Waals surface area contributed by atoms with Gasteiger partial charge in [0.1, 0.15) is 5.82 Å². The van der Waals surface area contributed by atoms with Crippen LogP contribution in [0, 0.1) is 13.8 Å². The molecule has 2 aromatic carbocycles. The Balaban J connectivity index is 1.59. The molecule has 0 fully saturated rings. The molecular formula is C21H22N4. The molecule has 1 aromatic heterocycles. The molecule has 0 saturated carbocycles. The molecule has 0 bridgehead atoms. The molecule has 1 N–H and O–H groups in total. The molecule has 0 saturated heterocycles.